The number of nitrogens with zero attached hydrogens (tertiary/aromatic N) is 1. The van der Waals surface area contributed by atoms with Crippen molar-refractivity contribution in [3.05, 3.63) is 29.6 Å². The van der Waals surface area contributed by atoms with Gasteiger partial charge in [-0.2, -0.15) is 0 Å². The van der Waals surface area contributed by atoms with E-state index in [0.717, 1.165) is 25.8 Å². The van der Waals surface area contributed by atoms with Gasteiger partial charge in [-0.3, -0.25) is 4.90 Å². The van der Waals surface area contributed by atoms with Gasteiger partial charge in [0.2, 0.25) is 0 Å². The molecule has 1 aliphatic heterocycles. The number of likely N-dealkylation sites (tertiary alicyclic amines) is 1. The number of phenols is 1. The normalized spacial score (nSPS) is 22.4. The van der Waals surface area contributed by atoms with Gasteiger partial charge < -0.3 is 10.8 Å². The molecule has 106 valence electrons. The lowest BCUT2D eigenvalue weighted by atomic mass is 9.95. The topological polar surface area (TPSA) is 49.5 Å². The second-order valence-corrected chi connectivity index (χ2v) is 5.35. The molecule has 1 saturated heterocycles. The van der Waals surface area contributed by atoms with Gasteiger partial charge in [-0.05, 0) is 45.3 Å². The van der Waals surface area contributed by atoms with Crippen LogP contribution in [0.1, 0.15) is 44.2 Å². The zero-order valence-electron chi connectivity index (χ0n) is 11.5. The predicted octanol–water partition coefficient (Wildman–Crippen LogP) is 2.80. The van der Waals surface area contributed by atoms with Crippen LogP contribution in [0.4, 0.5) is 4.39 Å². The molecule has 0 bridgehead atoms. The minimum atomic E-state index is -0.329. The molecule has 2 unspecified atom stereocenters. The van der Waals surface area contributed by atoms with Gasteiger partial charge in [-0.25, -0.2) is 4.39 Å². The highest BCUT2D eigenvalue weighted by molar-refractivity contribution is 5.29. The van der Waals surface area contributed by atoms with E-state index in [0.29, 0.717) is 18.2 Å². The third-order valence-electron chi connectivity index (χ3n) is 4.10. The van der Waals surface area contributed by atoms with Gasteiger partial charge in [-0.1, -0.05) is 12.5 Å². The Hall–Kier alpha value is -1.13. The van der Waals surface area contributed by atoms with E-state index in [4.69, 9.17) is 5.73 Å². The number of nitrogens with two attached hydrogens (primary N) is 1. The Balaban J connectivity index is 2.18. The molecular weight excluding hydrogens is 243 g/mol. The zero-order valence-corrected chi connectivity index (χ0v) is 11.5. The van der Waals surface area contributed by atoms with Crippen LogP contribution in [0.2, 0.25) is 0 Å². The maximum absolute atomic E-state index is 14.0. The first-order chi connectivity index (χ1) is 9.13. The third-order valence-corrected chi connectivity index (χ3v) is 4.10. The molecule has 19 heavy (non-hydrogen) atoms. The van der Waals surface area contributed by atoms with Crippen molar-refractivity contribution >= 4 is 0 Å². The summed E-state index contributed by atoms with van der Waals surface area (Å²) >= 11 is 0. The number of piperidine rings is 1. The molecule has 1 fully saturated rings. The van der Waals surface area contributed by atoms with E-state index in [1.807, 2.05) is 6.92 Å². The Morgan fingerprint density at radius 2 is 2.26 bits per heavy atom. The summed E-state index contributed by atoms with van der Waals surface area (Å²) in [7, 11) is 0. The van der Waals surface area contributed by atoms with Crippen molar-refractivity contribution in [1.29, 1.82) is 0 Å². The van der Waals surface area contributed by atoms with E-state index in [-0.39, 0.29) is 17.6 Å². The van der Waals surface area contributed by atoms with Crippen molar-refractivity contribution in [3.8, 4) is 5.75 Å². The van der Waals surface area contributed by atoms with E-state index in [1.54, 1.807) is 12.1 Å². The van der Waals surface area contributed by atoms with Gasteiger partial charge in [0.15, 0.2) is 0 Å². The molecule has 2 atom stereocenters. The smallest absolute Gasteiger partial charge is 0.131 e. The molecule has 1 aromatic carbocycles. The summed E-state index contributed by atoms with van der Waals surface area (Å²) in [5, 5.41) is 9.30. The highest BCUT2D eigenvalue weighted by Gasteiger charge is 2.28. The van der Waals surface area contributed by atoms with Gasteiger partial charge in [0.25, 0.3) is 0 Å². The number of hydrogen-bond acceptors (Lipinski definition) is 3. The van der Waals surface area contributed by atoms with Crippen LogP contribution in [0.3, 0.4) is 0 Å². The maximum Gasteiger partial charge on any atom is 0.131 e. The Morgan fingerprint density at radius 1 is 1.47 bits per heavy atom. The summed E-state index contributed by atoms with van der Waals surface area (Å²) in [6.07, 6.45) is 4.49. The van der Waals surface area contributed by atoms with Crippen LogP contribution >= 0.6 is 0 Å². The predicted molar refractivity (Wildman–Crippen MR) is 74.5 cm³/mol. The van der Waals surface area contributed by atoms with Crippen molar-refractivity contribution in [2.24, 2.45) is 5.73 Å². The van der Waals surface area contributed by atoms with Crippen LogP contribution in [-0.4, -0.2) is 29.1 Å². The van der Waals surface area contributed by atoms with E-state index in [1.165, 1.54) is 12.5 Å². The summed E-state index contributed by atoms with van der Waals surface area (Å²) in [5.41, 5.74) is 6.33. The Labute approximate surface area is 114 Å². The Morgan fingerprint density at radius 3 is 2.95 bits per heavy atom. The summed E-state index contributed by atoms with van der Waals surface area (Å²) in [6.45, 7) is 3.70. The molecule has 3 N–H and O–H groups in total. The molecule has 1 aromatic rings. The maximum atomic E-state index is 14.0. The molecule has 0 radical (unpaired) electrons. The standard InChI is InChI=1S/C15H23FN2O/c1-11(14-6-5-13(19)10-15(14)16)18-9-3-2-4-12(18)7-8-17/h5-6,10-12,19H,2-4,7-9,17H2,1H3. The second kappa shape index (κ2) is 6.35. The average molecular weight is 266 g/mol. The fraction of sp³-hybridized carbons (Fsp3) is 0.600. The van der Waals surface area contributed by atoms with Gasteiger partial charge in [0.1, 0.15) is 11.6 Å². The first-order valence-electron chi connectivity index (χ1n) is 7.07. The van der Waals surface area contributed by atoms with Crippen molar-refractivity contribution in [1.82, 2.24) is 4.90 Å². The summed E-state index contributed by atoms with van der Waals surface area (Å²) in [6, 6.07) is 4.90. The first-order valence-corrected chi connectivity index (χ1v) is 7.07. The number of rotatable bonds is 4. The molecule has 3 nitrogen and oxygen atoms in total. The van der Waals surface area contributed by atoms with Crippen LogP contribution in [0.15, 0.2) is 18.2 Å². The molecule has 0 aliphatic carbocycles. The fourth-order valence-corrected chi connectivity index (χ4v) is 3.07. The number of aromatic hydroxyl groups is 1. The van der Waals surface area contributed by atoms with E-state index < -0.39 is 0 Å². The number of phenolic OH excluding ortho intramolecular Hbond substituents is 1. The highest BCUT2D eigenvalue weighted by atomic mass is 19.1. The van der Waals surface area contributed by atoms with Crippen molar-refractivity contribution in [3.63, 3.8) is 0 Å². The molecule has 1 aliphatic rings. The van der Waals surface area contributed by atoms with E-state index in [9.17, 15) is 9.50 Å². The quantitative estimate of drug-likeness (QED) is 0.881. The minimum absolute atomic E-state index is 0.0226. The largest absolute Gasteiger partial charge is 0.508 e. The lowest BCUT2D eigenvalue weighted by molar-refractivity contribution is 0.0965. The molecule has 0 spiro atoms. The molecule has 0 amide bonds. The lowest BCUT2D eigenvalue weighted by Crippen LogP contribution is -2.42. The van der Waals surface area contributed by atoms with Crippen molar-refractivity contribution in [2.45, 2.75) is 44.7 Å². The van der Waals surface area contributed by atoms with Crippen LogP contribution < -0.4 is 5.73 Å². The summed E-state index contributed by atoms with van der Waals surface area (Å²) < 4.78 is 14.0. The molecule has 4 heteroatoms. The number of halogens is 1. The SMILES string of the molecule is CC(c1ccc(O)cc1F)N1CCCCC1CCN. The van der Waals surface area contributed by atoms with Gasteiger partial charge in [0, 0.05) is 23.7 Å². The molecule has 1 heterocycles. The van der Waals surface area contributed by atoms with Gasteiger partial charge in [0.05, 0.1) is 0 Å². The third kappa shape index (κ3) is 3.25. The summed E-state index contributed by atoms with van der Waals surface area (Å²) in [5.74, 6) is -0.352. The van der Waals surface area contributed by atoms with Crippen molar-refractivity contribution in [2.75, 3.05) is 13.1 Å². The van der Waals surface area contributed by atoms with Crippen LogP contribution in [-0.2, 0) is 0 Å². The van der Waals surface area contributed by atoms with Crippen LogP contribution in [0.5, 0.6) is 5.75 Å². The lowest BCUT2D eigenvalue weighted by Gasteiger charge is -2.40. The Bertz CT molecular complexity index is 423. The van der Waals surface area contributed by atoms with E-state index >= 15 is 0 Å². The monoisotopic (exact) mass is 266 g/mol. The van der Waals surface area contributed by atoms with Crippen LogP contribution in [0, 0.1) is 5.82 Å². The molecular formula is C15H23FN2O. The number of benzene rings is 1. The first kappa shape index (κ1) is 14.3. The molecule has 2 rings (SSSR count). The van der Waals surface area contributed by atoms with E-state index in [2.05, 4.69) is 4.90 Å². The zero-order chi connectivity index (χ0) is 13.8. The van der Waals surface area contributed by atoms with Gasteiger partial charge in [-0.15, -0.1) is 0 Å². The second-order valence-electron chi connectivity index (χ2n) is 5.35. The molecule has 0 saturated carbocycles. The average Bonchev–Trinajstić information content (AvgIpc) is 2.39. The summed E-state index contributed by atoms with van der Waals surface area (Å²) in [4.78, 5) is 2.35. The highest BCUT2D eigenvalue weighted by Crippen LogP contribution is 2.31. The van der Waals surface area contributed by atoms with Crippen molar-refractivity contribution < 1.29 is 9.50 Å². The molecule has 0 aromatic heterocycles. The minimum Gasteiger partial charge on any atom is -0.508 e. The van der Waals surface area contributed by atoms with Crippen LogP contribution in [0.25, 0.3) is 0 Å². The van der Waals surface area contributed by atoms with Gasteiger partial charge >= 0.3 is 0 Å². The Kier molecular flexibility index (Phi) is 4.77. The fourth-order valence-electron chi connectivity index (χ4n) is 3.07. The number of hydrogen-bond donors (Lipinski definition) is 2.